The van der Waals surface area contributed by atoms with Crippen molar-refractivity contribution in [3.8, 4) is 0 Å². The molecule has 6 nitrogen and oxygen atoms in total. The van der Waals surface area contributed by atoms with Gasteiger partial charge in [-0.25, -0.2) is 8.42 Å². The second kappa shape index (κ2) is 8.55. The molecule has 1 aliphatic rings. The van der Waals surface area contributed by atoms with Gasteiger partial charge in [-0.05, 0) is 55.8 Å². The van der Waals surface area contributed by atoms with Crippen molar-refractivity contribution in [1.29, 1.82) is 0 Å². The zero-order valence-electron chi connectivity index (χ0n) is 17.6. The van der Waals surface area contributed by atoms with E-state index in [0.29, 0.717) is 11.3 Å². The molecule has 0 bridgehead atoms. The first-order chi connectivity index (χ1) is 13.6. The molecule has 0 N–H and O–H groups in total. The molecule has 156 valence electrons. The first-order valence-corrected chi connectivity index (χ1v) is 11.6. The van der Waals surface area contributed by atoms with E-state index < -0.39 is 10.0 Å². The lowest BCUT2D eigenvalue weighted by Crippen LogP contribution is -2.47. The summed E-state index contributed by atoms with van der Waals surface area (Å²) in [7, 11) is -1.40. The van der Waals surface area contributed by atoms with Gasteiger partial charge in [0, 0.05) is 31.7 Å². The number of benzene rings is 2. The number of sulfonamides is 1. The Morgan fingerprint density at radius 3 is 2.21 bits per heavy atom. The molecule has 2 aromatic rings. The summed E-state index contributed by atoms with van der Waals surface area (Å²) >= 11 is 0. The summed E-state index contributed by atoms with van der Waals surface area (Å²) in [6.45, 7) is 7.29. The average molecular weight is 416 g/mol. The van der Waals surface area contributed by atoms with Crippen LogP contribution in [0.1, 0.15) is 27.0 Å². The molecule has 1 heterocycles. The van der Waals surface area contributed by atoms with Crippen LogP contribution >= 0.6 is 0 Å². The van der Waals surface area contributed by atoms with Gasteiger partial charge in [-0.1, -0.05) is 24.3 Å². The van der Waals surface area contributed by atoms with E-state index in [1.54, 1.807) is 12.1 Å². The van der Waals surface area contributed by atoms with Crippen LogP contribution in [0.3, 0.4) is 0 Å². The van der Waals surface area contributed by atoms with Gasteiger partial charge in [0.1, 0.15) is 0 Å². The van der Waals surface area contributed by atoms with E-state index in [1.165, 1.54) is 10.6 Å². The Labute approximate surface area is 173 Å². The highest BCUT2D eigenvalue weighted by Gasteiger charge is 2.22. The monoisotopic (exact) mass is 415 g/mol. The number of nitrogens with zero attached hydrogens (tertiary/aromatic N) is 3. The molecule has 0 saturated carbocycles. The Morgan fingerprint density at radius 2 is 1.62 bits per heavy atom. The van der Waals surface area contributed by atoms with Crippen molar-refractivity contribution in [2.75, 3.05) is 43.8 Å². The highest BCUT2D eigenvalue weighted by Crippen LogP contribution is 2.26. The third kappa shape index (κ3) is 5.16. The van der Waals surface area contributed by atoms with E-state index in [9.17, 15) is 13.2 Å². The van der Waals surface area contributed by atoms with Crippen molar-refractivity contribution in [2.45, 2.75) is 20.4 Å². The number of rotatable bonds is 5. The molecule has 1 aliphatic heterocycles. The van der Waals surface area contributed by atoms with Gasteiger partial charge in [0.2, 0.25) is 10.0 Å². The fraction of sp³-hybridized carbons (Fsp3) is 0.409. The van der Waals surface area contributed by atoms with Crippen LogP contribution < -0.4 is 4.31 Å². The molecule has 2 aromatic carbocycles. The van der Waals surface area contributed by atoms with Crippen molar-refractivity contribution < 1.29 is 13.2 Å². The van der Waals surface area contributed by atoms with Crippen LogP contribution in [-0.4, -0.2) is 63.6 Å². The summed E-state index contributed by atoms with van der Waals surface area (Å²) in [5, 5.41) is 0. The molecule has 0 radical (unpaired) electrons. The fourth-order valence-corrected chi connectivity index (χ4v) is 4.42. The average Bonchev–Trinajstić information content (AvgIpc) is 2.68. The zero-order chi connectivity index (χ0) is 21.2. The molecule has 0 aromatic heterocycles. The number of carbonyl (C=O) groups excluding carboxylic acids is 1. The molecule has 0 unspecified atom stereocenters. The number of hydrogen-bond donors (Lipinski definition) is 0. The first-order valence-electron chi connectivity index (χ1n) is 9.77. The van der Waals surface area contributed by atoms with Gasteiger partial charge in [-0.15, -0.1) is 0 Å². The van der Waals surface area contributed by atoms with Crippen molar-refractivity contribution >= 4 is 21.6 Å². The predicted octanol–water partition coefficient (Wildman–Crippen LogP) is 2.66. The van der Waals surface area contributed by atoms with Gasteiger partial charge in [0.25, 0.3) is 5.91 Å². The highest BCUT2D eigenvalue weighted by molar-refractivity contribution is 7.92. The topological polar surface area (TPSA) is 60.9 Å². The minimum Gasteiger partial charge on any atom is -0.336 e. The molecule has 1 amide bonds. The van der Waals surface area contributed by atoms with E-state index in [4.69, 9.17) is 0 Å². The maximum atomic E-state index is 12.7. The quantitative estimate of drug-likeness (QED) is 0.753. The zero-order valence-corrected chi connectivity index (χ0v) is 18.4. The van der Waals surface area contributed by atoms with Crippen molar-refractivity contribution in [2.24, 2.45) is 0 Å². The van der Waals surface area contributed by atoms with Crippen LogP contribution in [0.15, 0.2) is 42.5 Å². The maximum absolute atomic E-state index is 12.7. The Morgan fingerprint density at radius 1 is 1.00 bits per heavy atom. The van der Waals surface area contributed by atoms with Crippen LogP contribution in [0.5, 0.6) is 0 Å². The molecule has 0 atom stereocenters. The van der Waals surface area contributed by atoms with Gasteiger partial charge in [0.15, 0.2) is 0 Å². The van der Waals surface area contributed by atoms with Crippen LogP contribution in [0.2, 0.25) is 0 Å². The summed E-state index contributed by atoms with van der Waals surface area (Å²) in [6.07, 6.45) is 1.22. The minimum atomic E-state index is -3.45. The van der Waals surface area contributed by atoms with Gasteiger partial charge >= 0.3 is 0 Å². The number of anilines is 1. The van der Waals surface area contributed by atoms with Crippen molar-refractivity contribution in [3.63, 3.8) is 0 Å². The number of carbonyl (C=O) groups is 1. The number of piperazine rings is 1. The fourth-order valence-electron chi connectivity index (χ4n) is 3.48. The third-order valence-corrected chi connectivity index (χ3v) is 6.48. The second-order valence-corrected chi connectivity index (χ2v) is 9.76. The molecule has 3 rings (SSSR count). The summed E-state index contributed by atoms with van der Waals surface area (Å²) < 4.78 is 26.4. The van der Waals surface area contributed by atoms with Gasteiger partial charge in [-0.2, -0.15) is 0 Å². The molecular formula is C22H29N3O3S. The Bertz CT molecular complexity index is 979. The maximum Gasteiger partial charge on any atom is 0.253 e. The summed E-state index contributed by atoms with van der Waals surface area (Å²) in [5.41, 5.74) is 4.07. The van der Waals surface area contributed by atoms with Gasteiger partial charge in [0.05, 0.1) is 18.5 Å². The lowest BCUT2D eigenvalue weighted by molar-refractivity contribution is 0.0664. The largest absolute Gasteiger partial charge is 0.336 e. The van der Waals surface area contributed by atoms with Gasteiger partial charge in [-0.3, -0.25) is 9.10 Å². The number of amides is 1. The van der Waals surface area contributed by atoms with E-state index in [-0.39, 0.29) is 12.5 Å². The Kier molecular flexibility index (Phi) is 6.29. The number of aryl methyl sites for hydroxylation is 2. The molecule has 29 heavy (non-hydrogen) atoms. The number of likely N-dealkylation sites (N-methyl/N-ethyl adjacent to an activating group) is 1. The van der Waals surface area contributed by atoms with E-state index in [2.05, 4.69) is 11.9 Å². The number of hydrogen-bond acceptors (Lipinski definition) is 4. The first kappa shape index (κ1) is 21.3. The summed E-state index contributed by atoms with van der Waals surface area (Å²) in [4.78, 5) is 16.8. The smallest absolute Gasteiger partial charge is 0.253 e. The molecule has 1 fully saturated rings. The molecule has 0 spiro atoms. The molecular weight excluding hydrogens is 386 g/mol. The van der Waals surface area contributed by atoms with E-state index >= 15 is 0 Å². The third-order valence-electron chi connectivity index (χ3n) is 5.35. The highest BCUT2D eigenvalue weighted by atomic mass is 32.2. The van der Waals surface area contributed by atoms with E-state index in [0.717, 1.165) is 42.9 Å². The van der Waals surface area contributed by atoms with Crippen LogP contribution in [0.4, 0.5) is 5.69 Å². The Hall–Kier alpha value is -2.38. The SMILES string of the molecule is Cc1ccc(C)c(N(Cc2ccc(C(=O)N3CCN(C)CC3)cc2)S(C)(=O)=O)c1. The van der Waals surface area contributed by atoms with Crippen LogP contribution in [0, 0.1) is 13.8 Å². The Balaban J connectivity index is 1.79. The van der Waals surface area contributed by atoms with Crippen molar-refractivity contribution in [1.82, 2.24) is 9.80 Å². The van der Waals surface area contributed by atoms with Crippen LogP contribution in [-0.2, 0) is 16.6 Å². The molecule has 7 heteroatoms. The standard InChI is InChI=1S/C22H29N3O3S/c1-17-5-6-18(2)21(15-17)25(29(4,27)28)16-19-7-9-20(10-8-19)22(26)24-13-11-23(3)12-14-24/h5-10,15H,11-14,16H2,1-4H3. The van der Waals surface area contributed by atoms with Crippen molar-refractivity contribution in [3.05, 3.63) is 64.7 Å². The predicted molar refractivity (Wildman–Crippen MR) is 117 cm³/mol. The molecule has 0 aliphatic carbocycles. The minimum absolute atomic E-state index is 0.0270. The normalized spacial score (nSPS) is 15.4. The van der Waals surface area contributed by atoms with Gasteiger partial charge < -0.3 is 9.80 Å². The molecule has 1 saturated heterocycles. The lowest BCUT2D eigenvalue weighted by Gasteiger charge is -2.32. The van der Waals surface area contributed by atoms with Crippen LogP contribution in [0.25, 0.3) is 0 Å². The lowest BCUT2D eigenvalue weighted by atomic mass is 10.1. The van der Waals surface area contributed by atoms with E-state index in [1.807, 2.05) is 49.1 Å². The second-order valence-electron chi connectivity index (χ2n) is 7.85. The summed E-state index contributed by atoms with van der Waals surface area (Å²) in [5.74, 6) is 0.0270. The summed E-state index contributed by atoms with van der Waals surface area (Å²) in [6, 6.07) is 13.1.